The van der Waals surface area contributed by atoms with Gasteiger partial charge in [-0.15, -0.1) is 0 Å². The Kier molecular flexibility index (Phi) is 3.29. The number of halogens is 2. The molecule has 3 heteroatoms. The van der Waals surface area contributed by atoms with Crippen molar-refractivity contribution in [1.82, 2.24) is 0 Å². The van der Waals surface area contributed by atoms with Gasteiger partial charge >= 0.3 is 0 Å². The van der Waals surface area contributed by atoms with E-state index >= 15 is 0 Å². The lowest BCUT2D eigenvalue weighted by Crippen LogP contribution is -1.86. The summed E-state index contributed by atoms with van der Waals surface area (Å²) in [4.78, 5) is 1.61. The molecule has 0 heterocycles. The van der Waals surface area contributed by atoms with Crippen LogP contribution in [0.3, 0.4) is 0 Å². The first-order chi connectivity index (χ1) is 5.77. The minimum absolute atomic E-state index is 0.287. The Labute approximate surface area is 79.0 Å². The maximum atomic E-state index is 13.1. The minimum Gasteiger partial charge on any atom is -0.497 e. The highest BCUT2D eigenvalue weighted by atomic mass is 79.9. The maximum Gasteiger partial charge on any atom is 0.134 e. The average Bonchev–Trinajstić information content (AvgIpc) is 2.09. The predicted octanol–water partition coefficient (Wildman–Crippen LogP) is 3.20. The number of hydrogen-bond donors (Lipinski definition) is 0. The highest BCUT2D eigenvalue weighted by molar-refractivity contribution is 9.11. The number of rotatable bonds is 2. The zero-order valence-electron chi connectivity index (χ0n) is 6.55. The van der Waals surface area contributed by atoms with Crippen LogP contribution in [0, 0.1) is 5.82 Å². The first-order valence-corrected chi connectivity index (χ1v) is 4.30. The van der Waals surface area contributed by atoms with Crippen molar-refractivity contribution in [3.05, 3.63) is 34.6 Å². The molecule has 0 saturated heterocycles. The van der Waals surface area contributed by atoms with Crippen molar-refractivity contribution in [1.29, 1.82) is 0 Å². The average molecular weight is 231 g/mol. The van der Waals surface area contributed by atoms with Gasteiger partial charge in [-0.25, -0.2) is 4.39 Å². The topological polar surface area (TPSA) is 9.23 Å². The molecule has 0 saturated carbocycles. The smallest absolute Gasteiger partial charge is 0.134 e. The summed E-state index contributed by atoms with van der Waals surface area (Å²) < 4.78 is 17.9. The van der Waals surface area contributed by atoms with Crippen LogP contribution in [0.5, 0.6) is 5.75 Å². The Balaban J connectivity index is 3.03. The third kappa shape index (κ3) is 2.08. The van der Waals surface area contributed by atoms with Gasteiger partial charge in [0.25, 0.3) is 0 Å². The van der Waals surface area contributed by atoms with E-state index in [-0.39, 0.29) is 5.82 Å². The summed E-state index contributed by atoms with van der Waals surface area (Å²) in [6.45, 7) is 0. The largest absolute Gasteiger partial charge is 0.497 e. The van der Waals surface area contributed by atoms with Gasteiger partial charge < -0.3 is 4.74 Å². The van der Waals surface area contributed by atoms with Crippen molar-refractivity contribution in [3.63, 3.8) is 0 Å². The van der Waals surface area contributed by atoms with E-state index in [1.165, 1.54) is 13.2 Å². The quantitative estimate of drug-likeness (QED) is 0.759. The van der Waals surface area contributed by atoms with Crippen molar-refractivity contribution in [2.75, 3.05) is 7.11 Å². The molecule has 64 valence electrons. The molecular weight excluding hydrogens is 223 g/mol. The number of ether oxygens (including phenoxy) is 1. The number of hydrogen-bond acceptors (Lipinski definition) is 1. The van der Waals surface area contributed by atoms with Crippen LogP contribution >= 0.6 is 15.9 Å². The maximum absolute atomic E-state index is 13.1. The molecule has 0 atom stereocenters. The van der Waals surface area contributed by atoms with Crippen LogP contribution < -0.4 is 4.74 Å². The Morgan fingerprint density at radius 3 is 2.75 bits per heavy atom. The van der Waals surface area contributed by atoms with Gasteiger partial charge in [-0.05, 0) is 23.2 Å². The van der Waals surface area contributed by atoms with Crippen LogP contribution in [-0.4, -0.2) is 7.11 Å². The molecule has 12 heavy (non-hydrogen) atoms. The van der Waals surface area contributed by atoms with Crippen molar-refractivity contribution in [2.24, 2.45) is 0 Å². The standard InChI is InChI=1S/C9H8BrFO/c1-12-8-3-2-7(4-5-10)9(11)6-8/h2-6H,1H3. The van der Waals surface area contributed by atoms with Crippen LogP contribution in [0.25, 0.3) is 6.08 Å². The molecule has 0 radical (unpaired) electrons. The number of benzene rings is 1. The normalized spacial score (nSPS) is 10.6. The van der Waals surface area contributed by atoms with Gasteiger partial charge in [-0.2, -0.15) is 0 Å². The molecule has 0 aliphatic rings. The molecule has 0 aliphatic heterocycles. The lowest BCUT2D eigenvalue weighted by molar-refractivity contribution is 0.411. The van der Waals surface area contributed by atoms with Crippen LogP contribution in [0.2, 0.25) is 0 Å². The Bertz CT molecular complexity index is 297. The Hall–Kier alpha value is -0.830. The molecule has 1 rings (SSSR count). The van der Waals surface area contributed by atoms with E-state index < -0.39 is 0 Å². The van der Waals surface area contributed by atoms with Crippen LogP contribution in [-0.2, 0) is 0 Å². The van der Waals surface area contributed by atoms with Gasteiger partial charge in [-0.3, -0.25) is 0 Å². The lowest BCUT2D eigenvalue weighted by Gasteiger charge is -2.00. The number of methoxy groups -OCH3 is 1. The minimum atomic E-state index is -0.287. The monoisotopic (exact) mass is 230 g/mol. The van der Waals surface area contributed by atoms with E-state index in [9.17, 15) is 4.39 Å². The zero-order chi connectivity index (χ0) is 8.97. The zero-order valence-corrected chi connectivity index (χ0v) is 8.14. The van der Waals surface area contributed by atoms with Gasteiger partial charge in [0.2, 0.25) is 0 Å². The SMILES string of the molecule is COc1ccc(C=CBr)c(F)c1. The highest BCUT2D eigenvalue weighted by Crippen LogP contribution is 2.17. The molecule has 0 fully saturated rings. The van der Waals surface area contributed by atoms with Gasteiger partial charge in [0, 0.05) is 11.6 Å². The molecule has 0 unspecified atom stereocenters. The second-order valence-corrected chi connectivity index (χ2v) is 2.71. The van der Waals surface area contributed by atoms with E-state index in [2.05, 4.69) is 15.9 Å². The van der Waals surface area contributed by atoms with E-state index in [0.29, 0.717) is 11.3 Å². The first kappa shape index (κ1) is 9.26. The lowest BCUT2D eigenvalue weighted by atomic mass is 10.2. The van der Waals surface area contributed by atoms with Crippen molar-refractivity contribution in [3.8, 4) is 5.75 Å². The third-order valence-corrected chi connectivity index (χ3v) is 1.71. The molecule has 0 spiro atoms. The summed E-state index contributed by atoms with van der Waals surface area (Å²) in [5.41, 5.74) is 0.535. The van der Waals surface area contributed by atoms with Gasteiger partial charge in [0.1, 0.15) is 11.6 Å². The molecule has 1 aromatic rings. The summed E-state index contributed by atoms with van der Waals surface area (Å²) in [5, 5.41) is 0. The van der Waals surface area contributed by atoms with Crippen LogP contribution in [0.4, 0.5) is 4.39 Å². The highest BCUT2D eigenvalue weighted by Gasteiger charge is 1.99. The molecule has 1 nitrogen and oxygen atoms in total. The molecule has 0 aromatic heterocycles. The van der Waals surface area contributed by atoms with Gasteiger partial charge in [0.05, 0.1) is 7.11 Å². The van der Waals surface area contributed by atoms with Gasteiger partial charge in [-0.1, -0.05) is 15.9 Å². The van der Waals surface area contributed by atoms with Crippen molar-refractivity contribution < 1.29 is 9.13 Å². The van der Waals surface area contributed by atoms with Gasteiger partial charge in [0.15, 0.2) is 0 Å². The molecule has 0 aliphatic carbocycles. The molecule has 0 N–H and O–H groups in total. The first-order valence-electron chi connectivity index (χ1n) is 3.38. The predicted molar refractivity (Wildman–Crippen MR) is 50.9 cm³/mol. The second-order valence-electron chi connectivity index (χ2n) is 2.18. The van der Waals surface area contributed by atoms with E-state index in [1.807, 2.05) is 0 Å². The Morgan fingerprint density at radius 1 is 1.50 bits per heavy atom. The summed E-state index contributed by atoms with van der Waals surface area (Å²) in [6.07, 6.45) is 1.63. The molecular formula is C9H8BrFO. The van der Waals surface area contributed by atoms with Crippen LogP contribution in [0.1, 0.15) is 5.56 Å². The molecule has 1 aromatic carbocycles. The summed E-state index contributed by atoms with van der Waals surface area (Å²) in [6, 6.07) is 4.72. The van der Waals surface area contributed by atoms with Crippen molar-refractivity contribution >= 4 is 22.0 Å². The third-order valence-electron chi connectivity index (χ3n) is 1.45. The summed E-state index contributed by atoms with van der Waals surface area (Å²) >= 11 is 3.08. The molecule has 0 amide bonds. The summed E-state index contributed by atoms with van der Waals surface area (Å²) in [5.74, 6) is 0.240. The van der Waals surface area contributed by atoms with E-state index in [4.69, 9.17) is 4.74 Å². The van der Waals surface area contributed by atoms with Crippen LogP contribution in [0.15, 0.2) is 23.2 Å². The Morgan fingerprint density at radius 2 is 2.25 bits per heavy atom. The fraction of sp³-hybridized carbons (Fsp3) is 0.111. The molecule has 0 bridgehead atoms. The fourth-order valence-electron chi connectivity index (χ4n) is 0.838. The summed E-state index contributed by atoms with van der Waals surface area (Å²) in [7, 11) is 1.51. The van der Waals surface area contributed by atoms with E-state index in [1.54, 1.807) is 23.2 Å². The van der Waals surface area contributed by atoms with E-state index in [0.717, 1.165) is 0 Å². The van der Waals surface area contributed by atoms with Crippen molar-refractivity contribution in [2.45, 2.75) is 0 Å². The second kappa shape index (κ2) is 4.26. The fourth-order valence-corrected chi connectivity index (χ4v) is 1.12.